The molecule has 6 heteroatoms. The molecule has 0 aliphatic heterocycles. The van der Waals surface area contributed by atoms with Gasteiger partial charge >= 0.3 is 5.97 Å². The fourth-order valence-corrected chi connectivity index (χ4v) is 1.26. The summed E-state index contributed by atoms with van der Waals surface area (Å²) in [6.07, 6.45) is 1.72. The van der Waals surface area contributed by atoms with Crippen molar-refractivity contribution in [1.82, 2.24) is 15.1 Å². The van der Waals surface area contributed by atoms with E-state index in [-0.39, 0.29) is 18.2 Å². The number of hydrogen-bond acceptors (Lipinski definition) is 3. The molecule has 0 fully saturated rings. The van der Waals surface area contributed by atoms with E-state index in [2.05, 4.69) is 10.4 Å². The molecule has 1 amide bonds. The van der Waals surface area contributed by atoms with Crippen LogP contribution in [0.2, 0.25) is 0 Å². The first-order valence-corrected chi connectivity index (χ1v) is 4.98. The summed E-state index contributed by atoms with van der Waals surface area (Å²) in [5.74, 6) is -1.23. The monoisotopic (exact) mass is 225 g/mol. The maximum absolute atomic E-state index is 11.5. The number of aliphatic carboxylic acids is 1. The highest BCUT2D eigenvalue weighted by molar-refractivity contribution is 5.92. The van der Waals surface area contributed by atoms with Crippen molar-refractivity contribution in [3.05, 3.63) is 18.0 Å². The second-order valence-electron chi connectivity index (χ2n) is 3.79. The summed E-state index contributed by atoms with van der Waals surface area (Å²) < 4.78 is 1.54. The minimum atomic E-state index is -0.861. The Morgan fingerprint density at radius 3 is 2.81 bits per heavy atom. The van der Waals surface area contributed by atoms with Crippen LogP contribution in [0.25, 0.3) is 0 Å². The van der Waals surface area contributed by atoms with Gasteiger partial charge < -0.3 is 10.4 Å². The minimum absolute atomic E-state index is 0.0441. The van der Waals surface area contributed by atoms with Crippen LogP contribution in [0, 0.1) is 5.92 Å². The normalized spacial score (nSPS) is 12.1. The maximum atomic E-state index is 11.5. The molecular formula is C10H15N3O3. The number of hydrogen-bond donors (Lipinski definition) is 2. The second-order valence-corrected chi connectivity index (χ2v) is 3.79. The number of carbonyl (C=O) groups is 2. The lowest BCUT2D eigenvalue weighted by Crippen LogP contribution is -2.29. The zero-order chi connectivity index (χ0) is 12.1. The Kier molecular flexibility index (Phi) is 4.04. The second kappa shape index (κ2) is 5.29. The first-order valence-electron chi connectivity index (χ1n) is 4.98. The van der Waals surface area contributed by atoms with Gasteiger partial charge in [-0.1, -0.05) is 6.92 Å². The van der Waals surface area contributed by atoms with E-state index >= 15 is 0 Å². The van der Waals surface area contributed by atoms with Crippen LogP contribution in [0.1, 0.15) is 23.8 Å². The van der Waals surface area contributed by atoms with Crippen LogP contribution >= 0.6 is 0 Å². The minimum Gasteiger partial charge on any atom is -0.481 e. The van der Waals surface area contributed by atoms with Crippen LogP contribution in [0.15, 0.2) is 12.3 Å². The molecule has 0 aromatic carbocycles. The van der Waals surface area contributed by atoms with E-state index in [0.717, 1.165) is 0 Å². The number of aromatic nitrogens is 2. The number of carboxylic acid groups (broad SMARTS) is 1. The van der Waals surface area contributed by atoms with Crippen LogP contribution in [0.5, 0.6) is 0 Å². The van der Waals surface area contributed by atoms with E-state index in [4.69, 9.17) is 5.11 Å². The van der Waals surface area contributed by atoms with E-state index in [1.54, 1.807) is 26.2 Å². The molecule has 88 valence electrons. The third kappa shape index (κ3) is 3.72. The van der Waals surface area contributed by atoms with Crippen molar-refractivity contribution in [3.63, 3.8) is 0 Å². The Bertz CT molecular complexity index is 386. The molecule has 6 nitrogen and oxygen atoms in total. The molecule has 0 saturated carbocycles. The molecule has 0 aliphatic rings. The van der Waals surface area contributed by atoms with E-state index in [1.807, 2.05) is 0 Å². The Morgan fingerprint density at radius 1 is 1.62 bits per heavy atom. The summed E-state index contributed by atoms with van der Waals surface area (Å²) in [6.45, 7) is 2.11. The molecule has 1 rings (SSSR count). The number of rotatable bonds is 5. The quantitative estimate of drug-likeness (QED) is 0.752. The molecule has 1 heterocycles. The van der Waals surface area contributed by atoms with E-state index in [1.165, 1.54) is 4.68 Å². The number of carbonyl (C=O) groups excluding carboxylic acids is 1. The lowest BCUT2D eigenvalue weighted by Gasteiger charge is -2.08. The van der Waals surface area contributed by atoms with Gasteiger partial charge in [-0.3, -0.25) is 14.3 Å². The predicted octanol–water partition coefficient (Wildman–Crippen LogP) is 0.261. The number of nitrogens with zero attached hydrogens (tertiary/aromatic N) is 2. The average Bonchev–Trinajstić information content (AvgIpc) is 2.60. The smallest absolute Gasteiger partial charge is 0.303 e. The SMILES string of the molecule is CC(CNC(=O)c1ccn(C)n1)CC(=O)O. The van der Waals surface area contributed by atoms with Crippen LogP contribution in [0.3, 0.4) is 0 Å². The van der Waals surface area contributed by atoms with Crippen molar-refractivity contribution in [2.45, 2.75) is 13.3 Å². The molecule has 0 radical (unpaired) electrons. The fourth-order valence-electron chi connectivity index (χ4n) is 1.26. The van der Waals surface area contributed by atoms with E-state index in [0.29, 0.717) is 12.2 Å². The Morgan fingerprint density at radius 2 is 2.31 bits per heavy atom. The van der Waals surface area contributed by atoms with Crippen molar-refractivity contribution in [2.75, 3.05) is 6.54 Å². The Balaban J connectivity index is 2.38. The Labute approximate surface area is 93.3 Å². The van der Waals surface area contributed by atoms with Gasteiger partial charge in [-0.25, -0.2) is 0 Å². The molecule has 16 heavy (non-hydrogen) atoms. The van der Waals surface area contributed by atoms with Crippen molar-refractivity contribution in [3.8, 4) is 0 Å². The molecule has 0 saturated heterocycles. The number of nitrogens with one attached hydrogen (secondary N) is 1. The largest absolute Gasteiger partial charge is 0.481 e. The molecule has 0 bridgehead atoms. The Hall–Kier alpha value is -1.85. The van der Waals surface area contributed by atoms with E-state index < -0.39 is 5.97 Å². The predicted molar refractivity (Wildman–Crippen MR) is 57.0 cm³/mol. The van der Waals surface area contributed by atoms with Crippen molar-refractivity contribution >= 4 is 11.9 Å². The van der Waals surface area contributed by atoms with Gasteiger partial charge in [0.05, 0.1) is 0 Å². The summed E-state index contributed by atoms with van der Waals surface area (Å²) in [4.78, 5) is 21.9. The zero-order valence-electron chi connectivity index (χ0n) is 9.30. The first-order chi connectivity index (χ1) is 7.49. The number of carboxylic acids is 1. The van der Waals surface area contributed by atoms with Gasteiger partial charge in [0.2, 0.25) is 0 Å². The van der Waals surface area contributed by atoms with Crippen LogP contribution in [0.4, 0.5) is 0 Å². The third-order valence-corrected chi connectivity index (χ3v) is 2.08. The zero-order valence-corrected chi connectivity index (χ0v) is 9.30. The molecule has 1 unspecified atom stereocenters. The standard InChI is InChI=1S/C10H15N3O3/c1-7(5-9(14)15)6-11-10(16)8-3-4-13(2)12-8/h3-4,7H,5-6H2,1-2H3,(H,11,16)(H,14,15). The molecule has 1 atom stereocenters. The summed E-state index contributed by atoms with van der Waals surface area (Å²) in [7, 11) is 1.73. The molecule has 0 aliphatic carbocycles. The fraction of sp³-hybridized carbons (Fsp3) is 0.500. The third-order valence-electron chi connectivity index (χ3n) is 2.08. The lowest BCUT2D eigenvalue weighted by molar-refractivity contribution is -0.137. The highest BCUT2D eigenvalue weighted by atomic mass is 16.4. The van der Waals surface area contributed by atoms with Gasteiger partial charge in [-0.2, -0.15) is 5.10 Å². The van der Waals surface area contributed by atoms with Gasteiger partial charge in [0.25, 0.3) is 5.91 Å². The maximum Gasteiger partial charge on any atom is 0.303 e. The van der Waals surface area contributed by atoms with E-state index in [9.17, 15) is 9.59 Å². The summed E-state index contributed by atoms with van der Waals surface area (Å²) >= 11 is 0. The van der Waals surface area contributed by atoms with Crippen molar-refractivity contribution in [2.24, 2.45) is 13.0 Å². The van der Waals surface area contributed by atoms with Gasteiger partial charge in [0.1, 0.15) is 5.69 Å². The summed E-state index contributed by atoms with van der Waals surface area (Å²) in [5, 5.41) is 15.1. The topological polar surface area (TPSA) is 84.2 Å². The summed E-state index contributed by atoms with van der Waals surface area (Å²) in [5.41, 5.74) is 0.338. The molecule has 2 N–H and O–H groups in total. The lowest BCUT2D eigenvalue weighted by atomic mass is 10.1. The van der Waals surface area contributed by atoms with Crippen LogP contribution in [-0.2, 0) is 11.8 Å². The average molecular weight is 225 g/mol. The summed E-state index contributed by atoms with van der Waals surface area (Å²) in [6, 6.07) is 1.61. The highest BCUT2D eigenvalue weighted by Gasteiger charge is 2.12. The highest BCUT2D eigenvalue weighted by Crippen LogP contribution is 2.00. The first kappa shape index (κ1) is 12.2. The van der Waals surface area contributed by atoms with Crippen molar-refractivity contribution < 1.29 is 14.7 Å². The van der Waals surface area contributed by atoms with Crippen LogP contribution < -0.4 is 5.32 Å². The molecule has 1 aromatic heterocycles. The van der Waals surface area contributed by atoms with Crippen LogP contribution in [-0.4, -0.2) is 33.3 Å². The number of aryl methyl sites for hydroxylation is 1. The molecule has 0 spiro atoms. The van der Waals surface area contributed by atoms with Gasteiger partial charge in [-0.05, 0) is 12.0 Å². The number of amides is 1. The molecule has 1 aromatic rings. The van der Waals surface area contributed by atoms with Gasteiger partial charge in [-0.15, -0.1) is 0 Å². The van der Waals surface area contributed by atoms with Gasteiger partial charge in [0.15, 0.2) is 0 Å². The van der Waals surface area contributed by atoms with Crippen molar-refractivity contribution in [1.29, 1.82) is 0 Å². The molecular weight excluding hydrogens is 210 g/mol. The van der Waals surface area contributed by atoms with Gasteiger partial charge in [0, 0.05) is 26.2 Å².